The van der Waals surface area contributed by atoms with E-state index in [0.717, 1.165) is 14.8 Å². The third-order valence-corrected chi connectivity index (χ3v) is 6.33. The molecule has 33 heavy (non-hydrogen) atoms. The Bertz CT molecular complexity index is 1330. The van der Waals surface area contributed by atoms with E-state index in [0.29, 0.717) is 43.7 Å². The van der Waals surface area contributed by atoms with Crippen molar-refractivity contribution in [2.45, 2.75) is 13.5 Å². The second kappa shape index (κ2) is 9.96. The quantitative estimate of drug-likeness (QED) is 0.150. The SMILES string of the molecule is Cc1c(COC(=O)c2ccccc2)cc(-c2ccc(Cl)cc2Cl)c(-c2ccc(Br)cc2)[n+]1[O-]. The van der Waals surface area contributed by atoms with Gasteiger partial charge in [-0.25, -0.2) is 4.79 Å². The molecule has 0 aliphatic heterocycles. The lowest BCUT2D eigenvalue weighted by Gasteiger charge is -2.17. The molecule has 0 N–H and O–H groups in total. The summed E-state index contributed by atoms with van der Waals surface area (Å²) in [6.45, 7) is 1.65. The first kappa shape index (κ1) is 23.3. The summed E-state index contributed by atoms with van der Waals surface area (Å²) < 4.78 is 7.26. The molecule has 4 nitrogen and oxygen atoms in total. The lowest BCUT2D eigenvalue weighted by atomic mass is 9.96. The Labute approximate surface area is 210 Å². The van der Waals surface area contributed by atoms with Crippen LogP contribution in [0.5, 0.6) is 0 Å². The highest BCUT2D eigenvalue weighted by atomic mass is 79.9. The van der Waals surface area contributed by atoms with E-state index >= 15 is 0 Å². The minimum Gasteiger partial charge on any atom is -0.618 e. The van der Waals surface area contributed by atoms with Gasteiger partial charge >= 0.3 is 5.97 Å². The van der Waals surface area contributed by atoms with Gasteiger partial charge in [-0.2, -0.15) is 4.73 Å². The molecule has 0 atom stereocenters. The molecule has 4 rings (SSSR count). The van der Waals surface area contributed by atoms with Gasteiger partial charge in [0.25, 0.3) is 0 Å². The van der Waals surface area contributed by atoms with Gasteiger partial charge in [0.2, 0.25) is 5.69 Å². The molecule has 0 aliphatic carbocycles. The summed E-state index contributed by atoms with van der Waals surface area (Å²) in [7, 11) is 0. The molecule has 1 heterocycles. The van der Waals surface area contributed by atoms with Crippen LogP contribution in [-0.2, 0) is 11.3 Å². The Morgan fingerprint density at radius 1 is 0.970 bits per heavy atom. The van der Waals surface area contributed by atoms with Crippen LogP contribution in [0.4, 0.5) is 0 Å². The lowest BCUT2D eigenvalue weighted by molar-refractivity contribution is -0.600. The summed E-state index contributed by atoms with van der Waals surface area (Å²) in [4.78, 5) is 12.4. The zero-order chi connectivity index (χ0) is 23.5. The van der Waals surface area contributed by atoms with Crippen LogP contribution in [0.2, 0.25) is 10.0 Å². The Balaban J connectivity index is 1.82. The maximum Gasteiger partial charge on any atom is 0.338 e. The smallest absolute Gasteiger partial charge is 0.338 e. The normalized spacial score (nSPS) is 10.8. The average molecular weight is 543 g/mol. The minimum absolute atomic E-state index is 0.0549. The summed E-state index contributed by atoms with van der Waals surface area (Å²) in [5.41, 5.74) is 3.90. The highest BCUT2D eigenvalue weighted by Gasteiger charge is 2.24. The predicted octanol–water partition coefficient (Wildman–Crippen LogP) is 7.39. The van der Waals surface area contributed by atoms with Crippen molar-refractivity contribution in [2.75, 3.05) is 0 Å². The van der Waals surface area contributed by atoms with E-state index in [1.165, 1.54) is 0 Å². The standard InChI is InChI=1S/C26H18BrCl2NO3/c1-16-19(15-33-26(31)18-5-3-2-4-6-18)13-23(22-12-11-21(28)14-24(22)29)25(30(16)32)17-7-9-20(27)10-8-17/h2-14H,15H2,1H3. The first-order valence-corrected chi connectivity index (χ1v) is 11.6. The van der Waals surface area contributed by atoms with Gasteiger partial charge in [-0.05, 0) is 54.6 Å². The fourth-order valence-electron chi connectivity index (χ4n) is 3.50. The fraction of sp³-hybridized carbons (Fsp3) is 0.0769. The first-order chi connectivity index (χ1) is 15.8. The van der Waals surface area contributed by atoms with Crippen molar-refractivity contribution in [2.24, 2.45) is 0 Å². The van der Waals surface area contributed by atoms with E-state index < -0.39 is 5.97 Å². The molecule has 1 aromatic heterocycles. The van der Waals surface area contributed by atoms with E-state index in [1.807, 2.05) is 36.4 Å². The zero-order valence-electron chi connectivity index (χ0n) is 17.5. The van der Waals surface area contributed by atoms with Gasteiger partial charge in [-0.1, -0.05) is 63.4 Å². The number of carbonyl (C=O) groups is 1. The van der Waals surface area contributed by atoms with E-state index in [1.54, 1.807) is 49.4 Å². The average Bonchev–Trinajstić information content (AvgIpc) is 2.81. The van der Waals surface area contributed by atoms with Gasteiger partial charge in [0.15, 0.2) is 5.69 Å². The second-order valence-corrected chi connectivity index (χ2v) is 9.14. The first-order valence-electron chi connectivity index (χ1n) is 10.0. The number of nitrogens with zero attached hydrogens (tertiary/aromatic N) is 1. The number of hydrogen-bond acceptors (Lipinski definition) is 3. The van der Waals surface area contributed by atoms with Crippen molar-refractivity contribution in [3.63, 3.8) is 0 Å². The van der Waals surface area contributed by atoms with Crippen LogP contribution in [0.15, 0.2) is 83.3 Å². The number of ether oxygens (including phenoxy) is 1. The van der Waals surface area contributed by atoms with Crippen molar-refractivity contribution in [1.82, 2.24) is 0 Å². The number of rotatable bonds is 5. The van der Waals surface area contributed by atoms with Crippen molar-refractivity contribution in [1.29, 1.82) is 0 Å². The number of halogens is 3. The molecule has 0 radical (unpaired) electrons. The molecular weight excluding hydrogens is 525 g/mol. The Kier molecular flexibility index (Phi) is 7.03. The number of esters is 1. The predicted molar refractivity (Wildman–Crippen MR) is 134 cm³/mol. The third-order valence-electron chi connectivity index (χ3n) is 5.25. The topological polar surface area (TPSA) is 53.2 Å². The molecule has 0 fully saturated rings. The van der Waals surface area contributed by atoms with Crippen LogP contribution in [-0.4, -0.2) is 5.97 Å². The summed E-state index contributed by atoms with van der Waals surface area (Å²) in [6.07, 6.45) is 0. The Morgan fingerprint density at radius 2 is 1.67 bits per heavy atom. The van der Waals surface area contributed by atoms with Crippen LogP contribution < -0.4 is 4.73 Å². The monoisotopic (exact) mass is 541 g/mol. The number of hydrogen-bond donors (Lipinski definition) is 0. The number of benzene rings is 3. The number of pyridine rings is 1. The van der Waals surface area contributed by atoms with Gasteiger partial charge in [0.05, 0.1) is 21.7 Å². The van der Waals surface area contributed by atoms with E-state index in [9.17, 15) is 10.0 Å². The van der Waals surface area contributed by atoms with Crippen molar-refractivity contribution < 1.29 is 14.3 Å². The molecule has 0 saturated carbocycles. The summed E-state index contributed by atoms with van der Waals surface area (Å²) in [5, 5.41) is 14.4. The molecule has 0 amide bonds. The van der Waals surface area contributed by atoms with Gasteiger partial charge in [-0.15, -0.1) is 0 Å². The number of carbonyl (C=O) groups excluding carboxylic acids is 1. The summed E-state index contributed by atoms with van der Waals surface area (Å²) in [5.74, 6) is -0.462. The molecule has 166 valence electrons. The largest absolute Gasteiger partial charge is 0.618 e. The highest BCUT2D eigenvalue weighted by molar-refractivity contribution is 9.10. The fourth-order valence-corrected chi connectivity index (χ4v) is 4.27. The minimum atomic E-state index is -0.462. The van der Waals surface area contributed by atoms with Crippen LogP contribution in [0, 0.1) is 12.1 Å². The zero-order valence-corrected chi connectivity index (χ0v) is 20.6. The molecular formula is C26H18BrCl2NO3. The third kappa shape index (κ3) is 5.06. The van der Waals surface area contributed by atoms with Crippen LogP contribution in [0.3, 0.4) is 0 Å². The van der Waals surface area contributed by atoms with E-state index in [4.69, 9.17) is 27.9 Å². The van der Waals surface area contributed by atoms with E-state index in [-0.39, 0.29) is 6.61 Å². The van der Waals surface area contributed by atoms with Crippen molar-refractivity contribution >= 4 is 45.1 Å². The number of aromatic nitrogens is 1. The van der Waals surface area contributed by atoms with Crippen molar-refractivity contribution in [3.05, 3.63) is 115 Å². The van der Waals surface area contributed by atoms with Gasteiger partial charge in [-0.3, -0.25) is 0 Å². The maximum absolute atomic E-state index is 13.5. The van der Waals surface area contributed by atoms with Gasteiger partial charge in [0.1, 0.15) is 6.61 Å². The molecule has 0 aliphatic rings. The van der Waals surface area contributed by atoms with Gasteiger partial charge in [0, 0.05) is 27.5 Å². The van der Waals surface area contributed by atoms with Crippen molar-refractivity contribution in [3.8, 4) is 22.4 Å². The summed E-state index contributed by atoms with van der Waals surface area (Å²) >= 11 is 16.0. The second-order valence-electron chi connectivity index (χ2n) is 7.38. The highest BCUT2D eigenvalue weighted by Crippen LogP contribution is 2.37. The molecule has 3 aromatic carbocycles. The molecule has 4 aromatic rings. The lowest BCUT2D eigenvalue weighted by Crippen LogP contribution is -2.35. The van der Waals surface area contributed by atoms with E-state index in [2.05, 4.69) is 15.9 Å². The summed E-state index contributed by atoms with van der Waals surface area (Å²) in [6, 6.07) is 23.1. The Morgan fingerprint density at radius 3 is 2.33 bits per heavy atom. The Hall–Kier alpha value is -2.86. The van der Waals surface area contributed by atoms with Gasteiger partial charge < -0.3 is 9.94 Å². The molecule has 0 bridgehead atoms. The molecule has 7 heteroatoms. The maximum atomic E-state index is 13.5. The molecule has 0 spiro atoms. The van der Waals surface area contributed by atoms with Crippen LogP contribution >= 0.6 is 39.1 Å². The van der Waals surface area contributed by atoms with Crippen LogP contribution in [0.25, 0.3) is 22.4 Å². The molecule has 0 saturated heterocycles. The van der Waals surface area contributed by atoms with Crippen LogP contribution in [0.1, 0.15) is 21.6 Å². The molecule has 0 unspecified atom stereocenters.